The predicted octanol–water partition coefficient (Wildman–Crippen LogP) is 2.89. The first kappa shape index (κ1) is 16.8. The number of benzene rings is 2. The van der Waals surface area contributed by atoms with E-state index in [9.17, 15) is 4.79 Å². The van der Waals surface area contributed by atoms with Crippen LogP contribution in [0, 0.1) is 4.77 Å². The average molecular weight is 369 g/mol. The van der Waals surface area contributed by atoms with Crippen LogP contribution in [-0.2, 0) is 4.74 Å². The van der Waals surface area contributed by atoms with Gasteiger partial charge in [-0.2, -0.15) is 0 Å². The minimum Gasteiger partial charge on any atom is -0.497 e. The number of hydrogen-bond acceptors (Lipinski definition) is 5. The van der Waals surface area contributed by atoms with E-state index in [1.165, 1.54) is 0 Å². The van der Waals surface area contributed by atoms with E-state index in [-0.39, 0.29) is 5.56 Å². The Morgan fingerprint density at radius 3 is 2.58 bits per heavy atom. The largest absolute Gasteiger partial charge is 0.497 e. The summed E-state index contributed by atoms with van der Waals surface area (Å²) in [6, 6.07) is 13.1. The molecule has 0 unspecified atom stereocenters. The molecule has 6 nitrogen and oxygen atoms in total. The molecule has 0 amide bonds. The number of aromatic nitrogens is 2. The van der Waals surface area contributed by atoms with Gasteiger partial charge in [-0.05, 0) is 36.5 Å². The van der Waals surface area contributed by atoms with Crippen LogP contribution in [0.3, 0.4) is 0 Å². The van der Waals surface area contributed by atoms with E-state index < -0.39 is 0 Å². The maximum Gasteiger partial charge on any atom is 0.266 e. The summed E-state index contributed by atoms with van der Waals surface area (Å²) in [5.41, 5.74) is 2.27. The Morgan fingerprint density at radius 1 is 1.12 bits per heavy atom. The highest BCUT2D eigenvalue weighted by molar-refractivity contribution is 7.71. The number of para-hydroxylation sites is 2. The second-order valence-electron chi connectivity index (χ2n) is 6.07. The molecule has 1 fully saturated rings. The minimum atomic E-state index is -0.146. The number of aromatic amines is 1. The van der Waals surface area contributed by atoms with Gasteiger partial charge in [-0.1, -0.05) is 12.1 Å². The molecular weight excluding hydrogens is 350 g/mol. The van der Waals surface area contributed by atoms with E-state index in [0.717, 1.165) is 24.5 Å². The van der Waals surface area contributed by atoms with Crippen molar-refractivity contribution in [2.75, 3.05) is 38.3 Å². The van der Waals surface area contributed by atoms with Crippen LogP contribution in [0.25, 0.3) is 16.6 Å². The van der Waals surface area contributed by atoms with Gasteiger partial charge < -0.3 is 19.4 Å². The molecule has 1 saturated heterocycles. The third-order valence-corrected chi connectivity index (χ3v) is 4.86. The van der Waals surface area contributed by atoms with Gasteiger partial charge in [0, 0.05) is 19.2 Å². The van der Waals surface area contributed by atoms with Gasteiger partial charge >= 0.3 is 0 Å². The molecular formula is C19H19N3O3S. The molecule has 7 heteroatoms. The van der Waals surface area contributed by atoms with E-state index in [0.29, 0.717) is 34.6 Å². The average Bonchev–Trinajstić information content (AvgIpc) is 2.68. The van der Waals surface area contributed by atoms with Gasteiger partial charge in [0.25, 0.3) is 5.56 Å². The molecule has 0 aliphatic carbocycles. The van der Waals surface area contributed by atoms with Crippen molar-refractivity contribution < 1.29 is 9.47 Å². The van der Waals surface area contributed by atoms with Gasteiger partial charge in [0.05, 0.1) is 42.6 Å². The molecule has 134 valence electrons. The maximum atomic E-state index is 13.2. The van der Waals surface area contributed by atoms with Gasteiger partial charge in [0.1, 0.15) is 5.75 Å². The van der Waals surface area contributed by atoms with Crippen molar-refractivity contribution in [1.82, 2.24) is 9.55 Å². The number of nitrogens with one attached hydrogen (secondary N) is 1. The van der Waals surface area contributed by atoms with Crippen LogP contribution in [0.15, 0.2) is 47.3 Å². The van der Waals surface area contributed by atoms with Crippen LogP contribution in [-0.4, -0.2) is 43.0 Å². The number of rotatable bonds is 3. The normalized spacial score (nSPS) is 14.6. The molecule has 1 aromatic heterocycles. The lowest BCUT2D eigenvalue weighted by atomic mass is 10.2. The number of hydrogen-bond donors (Lipinski definition) is 1. The van der Waals surface area contributed by atoms with Crippen molar-refractivity contribution >= 4 is 28.8 Å². The minimum absolute atomic E-state index is 0.146. The van der Waals surface area contributed by atoms with Gasteiger partial charge in [-0.25, -0.2) is 0 Å². The summed E-state index contributed by atoms with van der Waals surface area (Å²) in [6.45, 7) is 2.92. The SMILES string of the molecule is COc1ccc2c(=O)n(-c3ccccc3N3CCOCC3)c(=S)[nH]c2c1. The first-order chi connectivity index (χ1) is 12.7. The highest BCUT2D eigenvalue weighted by Crippen LogP contribution is 2.25. The fraction of sp³-hybridized carbons (Fsp3) is 0.263. The molecule has 1 aliphatic rings. The fourth-order valence-electron chi connectivity index (χ4n) is 3.27. The Bertz CT molecular complexity index is 1070. The highest BCUT2D eigenvalue weighted by Gasteiger charge is 2.17. The molecule has 1 aliphatic heterocycles. The standard InChI is InChI=1S/C19H19N3O3S/c1-24-13-6-7-14-15(12-13)20-19(26)22(18(14)23)17-5-3-2-4-16(17)21-8-10-25-11-9-21/h2-7,12H,8-11H2,1H3,(H,20,26). The second-order valence-corrected chi connectivity index (χ2v) is 6.46. The Morgan fingerprint density at radius 2 is 1.85 bits per heavy atom. The summed E-state index contributed by atoms with van der Waals surface area (Å²) in [5.74, 6) is 0.675. The predicted molar refractivity (Wildman–Crippen MR) is 104 cm³/mol. The number of methoxy groups -OCH3 is 1. The van der Waals surface area contributed by atoms with Crippen molar-refractivity contribution in [2.45, 2.75) is 0 Å². The number of anilines is 1. The van der Waals surface area contributed by atoms with Crippen LogP contribution in [0.2, 0.25) is 0 Å². The lowest BCUT2D eigenvalue weighted by Gasteiger charge is -2.30. The van der Waals surface area contributed by atoms with Crippen molar-refractivity contribution in [3.8, 4) is 11.4 Å². The molecule has 0 saturated carbocycles. The smallest absolute Gasteiger partial charge is 0.266 e. The lowest BCUT2D eigenvalue weighted by Crippen LogP contribution is -2.37. The molecule has 4 rings (SSSR count). The summed E-state index contributed by atoms with van der Waals surface area (Å²) in [6.07, 6.45) is 0. The summed E-state index contributed by atoms with van der Waals surface area (Å²) in [7, 11) is 1.59. The van der Waals surface area contributed by atoms with Gasteiger partial charge in [0.2, 0.25) is 0 Å². The number of H-pyrrole nitrogens is 1. The van der Waals surface area contributed by atoms with Crippen molar-refractivity contribution in [2.24, 2.45) is 0 Å². The zero-order chi connectivity index (χ0) is 18.1. The first-order valence-corrected chi connectivity index (χ1v) is 8.85. The molecule has 0 atom stereocenters. The second kappa shape index (κ2) is 6.93. The third-order valence-electron chi connectivity index (χ3n) is 4.58. The summed E-state index contributed by atoms with van der Waals surface area (Å²) in [5, 5.41) is 0.566. The molecule has 3 aromatic rings. The molecule has 0 radical (unpaired) electrons. The quantitative estimate of drug-likeness (QED) is 0.720. The topological polar surface area (TPSA) is 59.5 Å². The summed E-state index contributed by atoms with van der Waals surface area (Å²) >= 11 is 5.51. The number of ether oxygens (including phenoxy) is 2. The Kier molecular flexibility index (Phi) is 4.48. The Balaban J connectivity index is 1.93. The van der Waals surface area contributed by atoms with E-state index in [2.05, 4.69) is 9.88 Å². The van der Waals surface area contributed by atoms with Crippen LogP contribution >= 0.6 is 12.2 Å². The van der Waals surface area contributed by atoms with Gasteiger partial charge in [-0.15, -0.1) is 0 Å². The van der Waals surface area contributed by atoms with Crippen molar-refractivity contribution in [3.05, 3.63) is 57.6 Å². The molecule has 0 bridgehead atoms. The van der Waals surface area contributed by atoms with E-state index in [1.54, 1.807) is 29.9 Å². The van der Waals surface area contributed by atoms with E-state index in [4.69, 9.17) is 21.7 Å². The summed E-state index contributed by atoms with van der Waals surface area (Å²) in [4.78, 5) is 18.6. The van der Waals surface area contributed by atoms with Crippen LogP contribution in [0.1, 0.15) is 0 Å². The van der Waals surface area contributed by atoms with Gasteiger partial charge in [-0.3, -0.25) is 9.36 Å². The van der Waals surface area contributed by atoms with Crippen LogP contribution < -0.4 is 15.2 Å². The van der Waals surface area contributed by atoms with Crippen LogP contribution in [0.4, 0.5) is 5.69 Å². The lowest BCUT2D eigenvalue weighted by molar-refractivity contribution is 0.122. The number of nitrogens with zero attached hydrogens (tertiary/aromatic N) is 2. The molecule has 0 spiro atoms. The van der Waals surface area contributed by atoms with Crippen molar-refractivity contribution in [1.29, 1.82) is 0 Å². The summed E-state index contributed by atoms with van der Waals surface area (Å²) < 4.78 is 12.6. The fourth-order valence-corrected chi connectivity index (χ4v) is 3.56. The molecule has 26 heavy (non-hydrogen) atoms. The number of fused-ring (bicyclic) bond motifs is 1. The van der Waals surface area contributed by atoms with Crippen molar-refractivity contribution in [3.63, 3.8) is 0 Å². The monoisotopic (exact) mass is 369 g/mol. The third kappa shape index (κ3) is 2.89. The zero-order valence-electron chi connectivity index (χ0n) is 14.4. The van der Waals surface area contributed by atoms with Gasteiger partial charge in [0.15, 0.2) is 4.77 Å². The molecule has 1 N–H and O–H groups in total. The van der Waals surface area contributed by atoms with E-state index >= 15 is 0 Å². The molecule has 2 aromatic carbocycles. The maximum absolute atomic E-state index is 13.2. The van der Waals surface area contributed by atoms with E-state index in [1.807, 2.05) is 24.3 Å². The number of morpholine rings is 1. The zero-order valence-corrected chi connectivity index (χ0v) is 15.2. The Hall–Kier alpha value is -2.64. The molecule has 2 heterocycles. The Labute approximate surface area is 155 Å². The highest BCUT2D eigenvalue weighted by atomic mass is 32.1. The first-order valence-electron chi connectivity index (χ1n) is 8.44. The van der Waals surface area contributed by atoms with Crippen LogP contribution in [0.5, 0.6) is 5.75 Å².